The van der Waals surface area contributed by atoms with E-state index in [4.69, 9.17) is 10.5 Å². The maximum absolute atomic E-state index is 12.7. The van der Waals surface area contributed by atoms with Crippen LogP contribution in [0.5, 0.6) is 0 Å². The molecule has 1 aliphatic heterocycles. The number of nitrogens with zero attached hydrogens (tertiary/aromatic N) is 1. The van der Waals surface area contributed by atoms with Gasteiger partial charge in [-0.15, -0.1) is 0 Å². The molecule has 1 saturated carbocycles. The van der Waals surface area contributed by atoms with Crippen LogP contribution in [0.4, 0.5) is 5.69 Å². The number of hydrogen-bond acceptors (Lipinski definition) is 5. The SMILES string of the molecule is CCN1C[C@@]23CCC=CC[C@]2(O)[C@](COC(=O)c2ccccc2N)(CCC3)C1. The monoisotopic (exact) mass is 384 g/mol. The molecule has 0 amide bonds. The number of allylic oxidation sites excluding steroid dienone is 1. The van der Waals surface area contributed by atoms with Crippen LogP contribution in [-0.4, -0.2) is 47.8 Å². The summed E-state index contributed by atoms with van der Waals surface area (Å²) in [5.41, 5.74) is 5.39. The van der Waals surface area contributed by atoms with Gasteiger partial charge in [0, 0.05) is 29.6 Å². The Hall–Kier alpha value is -1.85. The van der Waals surface area contributed by atoms with E-state index in [1.54, 1.807) is 24.3 Å². The summed E-state index contributed by atoms with van der Waals surface area (Å²) < 4.78 is 5.84. The number of nitrogen functional groups attached to an aromatic ring is 1. The molecule has 3 aliphatic rings. The second kappa shape index (κ2) is 7.20. The minimum absolute atomic E-state index is 0.124. The first-order valence-electron chi connectivity index (χ1n) is 10.6. The van der Waals surface area contributed by atoms with Crippen molar-refractivity contribution in [2.24, 2.45) is 10.8 Å². The standard InChI is InChI=1S/C23H32N2O3/c1-2-25-15-21-11-6-3-7-14-23(21,27)22(16-25,13-8-12-21)17-28-20(26)18-9-4-5-10-19(18)24/h3-5,7,9-10,27H,2,6,8,11-17,24H2,1H3/t21-,22+,23+/m0/s1. The highest BCUT2D eigenvalue weighted by molar-refractivity contribution is 5.94. The van der Waals surface area contributed by atoms with Gasteiger partial charge in [-0.2, -0.15) is 0 Å². The van der Waals surface area contributed by atoms with Crippen LogP contribution in [0.2, 0.25) is 0 Å². The number of aliphatic hydroxyl groups is 1. The van der Waals surface area contributed by atoms with E-state index in [0.29, 0.717) is 17.7 Å². The quantitative estimate of drug-likeness (QED) is 0.473. The second-order valence-corrected chi connectivity index (χ2v) is 8.96. The van der Waals surface area contributed by atoms with Crippen molar-refractivity contribution in [3.05, 3.63) is 42.0 Å². The van der Waals surface area contributed by atoms with Crippen molar-refractivity contribution in [2.75, 3.05) is 32.0 Å². The van der Waals surface area contributed by atoms with E-state index in [2.05, 4.69) is 24.0 Å². The molecule has 0 radical (unpaired) electrons. The Morgan fingerprint density at radius 1 is 1.21 bits per heavy atom. The lowest BCUT2D eigenvalue weighted by Gasteiger charge is -2.66. The van der Waals surface area contributed by atoms with Crippen molar-refractivity contribution in [1.82, 2.24) is 4.90 Å². The first-order chi connectivity index (χ1) is 13.5. The van der Waals surface area contributed by atoms with Gasteiger partial charge < -0.3 is 20.5 Å². The van der Waals surface area contributed by atoms with E-state index >= 15 is 0 Å². The molecule has 3 atom stereocenters. The predicted molar refractivity (Wildman–Crippen MR) is 110 cm³/mol. The maximum atomic E-state index is 12.7. The lowest BCUT2D eigenvalue weighted by molar-refractivity contribution is -0.254. The number of carbonyl (C=O) groups excluding carboxylic acids is 1. The summed E-state index contributed by atoms with van der Waals surface area (Å²) in [6.45, 7) is 5.07. The number of piperidine rings is 1. The Bertz CT molecular complexity index is 779. The number of rotatable bonds is 4. The van der Waals surface area contributed by atoms with Crippen LogP contribution < -0.4 is 5.73 Å². The number of nitrogens with two attached hydrogens (primary N) is 1. The third-order valence-electron chi connectivity index (χ3n) is 7.59. The van der Waals surface area contributed by atoms with E-state index in [1.807, 2.05) is 0 Å². The van der Waals surface area contributed by atoms with Gasteiger partial charge in [-0.3, -0.25) is 0 Å². The van der Waals surface area contributed by atoms with Gasteiger partial charge in [-0.1, -0.05) is 37.6 Å². The maximum Gasteiger partial charge on any atom is 0.340 e. The third-order valence-corrected chi connectivity index (χ3v) is 7.59. The van der Waals surface area contributed by atoms with Crippen molar-refractivity contribution >= 4 is 11.7 Å². The van der Waals surface area contributed by atoms with E-state index in [1.165, 1.54) is 0 Å². The molecule has 152 valence electrons. The van der Waals surface area contributed by atoms with Crippen LogP contribution in [0.1, 0.15) is 55.8 Å². The Morgan fingerprint density at radius 3 is 2.82 bits per heavy atom. The van der Waals surface area contributed by atoms with Gasteiger partial charge in [-0.25, -0.2) is 4.79 Å². The Kier molecular flexibility index (Phi) is 5.00. The topological polar surface area (TPSA) is 75.8 Å². The number of benzene rings is 1. The molecule has 1 aromatic carbocycles. The summed E-state index contributed by atoms with van der Waals surface area (Å²) in [6.07, 6.45) is 10.0. The summed E-state index contributed by atoms with van der Waals surface area (Å²) in [5, 5.41) is 12.1. The van der Waals surface area contributed by atoms with Gasteiger partial charge in [0.2, 0.25) is 0 Å². The zero-order valence-electron chi connectivity index (χ0n) is 16.8. The molecular weight excluding hydrogens is 352 g/mol. The minimum Gasteiger partial charge on any atom is -0.461 e. The van der Waals surface area contributed by atoms with Gasteiger partial charge in [0.25, 0.3) is 0 Å². The molecular formula is C23H32N2O3. The van der Waals surface area contributed by atoms with E-state index < -0.39 is 17.0 Å². The van der Waals surface area contributed by atoms with E-state index in [-0.39, 0.29) is 12.0 Å². The van der Waals surface area contributed by atoms with Crippen molar-refractivity contribution in [3.63, 3.8) is 0 Å². The average Bonchev–Trinajstić information content (AvgIpc) is 2.85. The summed E-state index contributed by atoms with van der Waals surface area (Å²) in [5.74, 6) is -0.398. The summed E-state index contributed by atoms with van der Waals surface area (Å²) in [6, 6.07) is 7.01. The van der Waals surface area contributed by atoms with Gasteiger partial charge in [0.05, 0.1) is 11.2 Å². The van der Waals surface area contributed by atoms with Crippen LogP contribution in [0.25, 0.3) is 0 Å². The molecule has 0 aromatic heterocycles. The molecule has 1 saturated heterocycles. The Balaban J connectivity index is 1.65. The van der Waals surface area contributed by atoms with Crippen molar-refractivity contribution in [2.45, 2.75) is 51.0 Å². The van der Waals surface area contributed by atoms with Crippen LogP contribution >= 0.6 is 0 Å². The van der Waals surface area contributed by atoms with Gasteiger partial charge in [-0.05, 0) is 50.8 Å². The molecule has 3 N–H and O–H groups in total. The molecule has 0 spiro atoms. The molecule has 2 bridgehead atoms. The Morgan fingerprint density at radius 2 is 2.04 bits per heavy atom. The first kappa shape index (κ1) is 19.5. The fourth-order valence-electron chi connectivity index (χ4n) is 6.07. The number of para-hydroxylation sites is 1. The van der Waals surface area contributed by atoms with Crippen molar-refractivity contribution in [1.29, 1.82) is 0 Å². The van der Waals surface area contributed by atoms with Crippen LogP contribution in [0, 0.1) is 10.8 Å². The van der Waals surface area contributed by atoms with Crippen molar-refractivity contribution in [3.8, 4) is 0 Å². The lowest BCUT2D eigenvalue weighted by atomic mass is 9.47. The zero-order chi connectivity index (χ0) is 19.8. The molecule has 28 heavy (non-hydrogen) atoms. The molecule has 1 heterocycles. The van der Waals surface area contributed by atoms with Crippen molar-refractivity contribution < 1.29 is 14.6 Å². The number of ether oxygens (including phenoxy) is 1. The number of likely N-dealkylation sites (tertiary alicyclic amines) is 1. The largest absolute Gasteiger partial charge is 0.461 e. The molecule has 4 rings (SSSR count). The number of esters is 1. The highest BCUT2D eigenvalue weighted by Gasteiger charge is 2.67. The van der Waals surface area contributed by atoms with Gasteiger partial charge in [0.15, 0.2) is 0 Å². The molecule has 5 nitrogen and oxygen atoms in total. The van der Waals surface area contributed by atoms with Gasteiger partial charge in [0.1, 0.15) is 6.61 Å². The summed E-state index contributed by atoms with van der Waals surface area (Å²) >= 11 is 0. The van der Waals surface area contributed by atoms with E-state index in [0.717, 1.165) is 51.7 Å². The van der Waals surface area contributed by atoms with Gasteiger partial charge >= 0.3 is 5.97 Å². The first-order valence-corrected chi connectivity index (χ1v) is 10.6. The minimum atomic E-state index is -0.834. The van der Waals surface area contributed by atoms with Crippen LogP contribution in [0.3, 0.4) is 0 Å². The predicted octanol–water partition coefficient (Wildman–Crippen LogP) is 3.39. The summed E-state index contributed by atoms with van der Waals surface area (Å²) in [7, 11) is 0. The fourth-order valence-corrected chi connectivity index (χ4v) is 6.07. The fraction of sp³-hybridized carbons (Fsp3) is 0.609. The molecule has 0 unspecified atom stereocenters. The molecule has 2 aliphatic carbocycles. The number of hydrogen-bond donors (Lipinski definition) is 2. The molecule has 1 aromatic rings. The Labute approximate surface area is 167 Å². The highest BCUT2D eigenvalue weighted by atomic mass is 16.5. The number of anilines is 1. The second-order valence-electron chi connectivity index (χ2n) is 8.96. The lowest BCUT2D eigenvalue weighted by Crippen LogP contribution is -2.73. The normalized spacial score (nSPS) is 35.1. The molecule has 5 heteroatoms. The smallest absolute Gasteiger partial charge is 0.340 e. The summed E-state index contributed by atoms with van der Waals surface area (Å²) in [4.78, 5) is 15.2. The number of carbonyl (C=O) groups is 1. The van der Waals surface area contributed by atoms with Crippen LogP contribution in [-0.2, 0) is 4.74 Å². The molecule has 2 fully saturated rings. The third kappa shape index (κ3) is 2.87. The van der Waals surface area contributed by atoms with Crippen LogP contribution in [0.15, 0.2) is 36.4 Å². The highest BCUT2D eigenvalue weighted by Crippen LogP contribution is 2.62. The zero-order valence-corrected chi connectivity index (χ0v) is 16.8. The average molecular weight is 385 g/mol. The van der Waals surface area contributed by atoms with E-state index in [9.17, 15) is 9.90 Å².